The van der Waals surface area contributed by atoms with E-state index < -0.39 is 17.9 Å². The second kappa shape index (κ2) is 11.2. The summed E-state index contributed by atoms with van der Waals surface area (Å²) < 4.78 is 5.52. The number of hydrogen-bond donors (Lipinski definition) is 2. The minimum absolute atomic E-state index is 0.183. The van der Waals surface area contributed by atoms with E-state index in [2.05, 4.69) is 15.8 Å². The van der Waals surface area contributed by atoms with Gasteiger partial charge in [0.15, 0.2) is 0 Å². The van der Waals surface area contributed by atoms with Gasteiger partial charge in [-0.3, -0.25) is 9.59 Å². The van der Waals surface area contributed by atoms with Crippen molar-refractivity contribution in [2.45, 2.75) is 26.8 Å². The van der Waals surface area contributed by atoms with Crippen molar-refractivity contribution in [3.05, 3.63) is 62.6 Å². The number of amides is 2. The van der Waals surface area contributed by atoms with E-state index in [1.165, 1.54) is 24.4 Å². The second-order valence-corrected chi connectivity index (χ2v) is 7.92. The molecule has 2 aromatic carbocycles. The Kier molecular flexibility index (Phi) is 8.96. The summed E-state index contributed by atoms with van der Waals surface area (Å²) in [6.07, 6.45) is 1.44. The summed E-state index contributed by atoms with van der Waals surface area (Å²) in [4.78, 5) is 25.1. The van der Waals surface area contributed by atoms with Crippen LogP contribution < -0.4 is 15.5 Å². The van der Waals surface area contributed by atoms with Gasteiger partial charge in [0.1, 0.15) is 11.8 Å². The molecule has 2 N–H and O–H groups in total. The Morgan fingerprint density at radius 2 is 1.83 bits per heavy atom. The first-order valence-electron chi connectivity index (χ1n) is 9.24. The van der Waals surface area contributed by atoms with Crippen molar-refractivity contribution >= 4 is 52.8 Å². The van der Waals surface area contributed by atoms with Crippen LogP contribution >= 0.6 is 34.8 Å². The molecule has 0 saturated carbocycles. The Morgan fingerprint density at radius 3 is 2.47 bits per heavy atom. The quantitative estimate of drug-likeness (QED) is 0.423. The highest BCUT2D eigenvalue weighted by Gasteiger charge is 2.24. The normalized spacial score (nSPS) is 12.1. The fourth-order valence-electron chi connectivity index (χ4n) is 2.54. The Hall–Kier alpha value is -2.28. The van der Waals surface area contributed by atoms with E-state index in [-0.39, 0.29) is 10.9 Å². The van der Waals surface area contributed by atoms with Crippen LogP contribution in [-0.4, -0.2) is 30.7 Å². The van der Waals surface area contributed by atoms with E-state index in [9.17, 15) is 9.59 Å². The average Bonchev–Trinajstić information content (AvgIpc) is 2.69. The first-order valence-corrected chi connectivity index (χ1v) is 10.4. The minimum atomic E-state index is -0.810. The molecule has 0 bridgehead atoms. The lowest BCUT2D eigenvalue weighted by Crippen LogP contribution is -2.48. The zero-order chi connectivity index (χ0) is 22.3. The molecule has 2 aromatic rings. The van der Waals surface area contributed by atoms with Crippen LogP contribution in [0.3, 0.4) is 0 Å². The molecule has 2 rings (SSSR count). The molecule has 160 valence electrons. The molecule has 0 aromatic heterocycles. The molecule has 1 unspecified atom stereocenters. The number of carbonyl (C=O) groups excluding carboxylic acids is 2. The van der Waals surface area contributed by atoms with Crippen LogP contribution in [0.1, 0.15) is 36.7 Å². The summed E-state index contributed by atoms with van der Waals surface area (Å²) in [5.74, 6) is -0.500. The number of hydrogen-bond acceptors (Lipinski definition) is 4. The summed E-state index contributed by atoms with van der Waals surface area (Å²) in [6.45, 7) is 5.96. The lowest BCUT2D eigenvalue weighted by atomic mass is 10.0. The zero-order valence-corrected chi connectivity index (χ0v) is 19.0. The van der Waals surface area contributed by atoms with Crippen LogP contribution in [0.2, 0.25) is 15.1 Å². The molecule has 0 saturated heterocycles. The standard InChI is InChI=1S/C21H22Cl3N3O3/c1-4-30-18-8-6-15(22)9-14(18)11-25-27-21(29)19(12(2)3)26-20(28)13-5-7-16(23)17(24)10-13/h5-12,19H,4H2,1-3H3,(H,26,28)(H,27,29)/b25-11+. The number of hydrazone groups is 1. The summed E-state index contributed by atoms with van der Waals surface area (Å²) in [7, 11) is 0. The minimum Gasteiger partial charge on any atom is -0.493 e. The number of rotatable bonds is 8. The Balaban J connectivity index is 2.09. The Morgan fingerprint density at radius 1 is 1.10 bits per heavy atom. The van der Waals surface area contributed by atoms with E-state index in [0.29, 0.717) is 33.5 Å². The number of halogens is 3. The molecule has 6 nitrogen and oxygen atoms in total. The van der Waals surface area contributed by atoms with Crippen molar-refractivity contribution in [1.82, 2.24) is 10.7 Å². The lowest BCUT2D eigenvalue weighted by Gasteiger charge is -2.20. The number of ether oxygens (including phenoxy) is 1. The van der Waals surface area contributed by atoms with Gasteiger partial charge in [-0.15, -0.1) is 0 Å². The average molecular weight is 471 g/mol. The fourth-order valence-corrected chi connectivity index (χ4v) is 3.02. The topological polar surface area (TPSA) is 79.8 Å². The second-order valence-electron chi connectivity index (χ2n) is 6.67. The van der Waals surface area contributed by atoms with Crippen molar-refractivity contribution in [3.63, 3.8) is 0 Å². The molecule has 0 spiro atoms. The van der Waals surface area contributed by atoms with Gasteiger partial charge in [-0.25, -0.2) is 5.43 Å². The number of benzene rings is 2. The third kappa shape index (κ3) is 6.62. The molecular formula is C21H22Cl3N3O3. The molecule has 0 fully saturated rings. The van der Waals surface area contributed by atoms with Crippen LogP contribution in [0.5, 0.6) is 5.75 Å². The monoisotopic (exact) mass is 469 g/mol. The highest BCUT2D eigenvalue weighted by molar-refractivity contribution is 6.42. The first-order chi connectivity index (χ1) is 14.2. The first kappa shape index (κ1) is 24.0. The van der Waals surface area contributed by atoms with Crippen LogP contribution in [0.15, 0.2) is 41.5 Å². The van der Waals surface area contributed by atoms with E-state index in [1.54, 1.807) is 18.2 Å². The number of nitrogens with zero attached hydrogens (tertiary/aromatic N) is 1. The van der Waals surface area contributed by atoms with Crippen LogP contribution in [0, 0.1) is 5.92 Å². The zero-order valence-electron chi connectivity index (χ0n) is 16.7. The predicted octanol–water partition coefficient (Wildman–Crippen LogP) is 4.95. The van der Waals surface area contributed by atoms with Crippen LogP contribution in [0.4, 0.5) is 0 Å². The summed E-state index contributed by atoms with van der Waals surface area (Å²) >= 11 is 17.9. The third-order valence-electron chi connectivity index (χ3n) is 4.07. The smallest absolute Gasteiger partial charge is 0.262 e. The molecule has 0 heterocycles. The summed E-state index contributed by atoms with van der Waals surface area (Å²) in [5, 5.41) is 7.79. The maximum absolute atomic E-state index is 12.6. The maximum Gasteiger partial charge on any atom is 0.262 e. The van der Waals surface area contributed by atoms with E-state index >= 15 is 0 Å². The van der Waals surface area contributed by atoms with Crippen molar-refractivity contribution in [2.24, 2.45) is 11.0 Å². The van der Waals surface area contributed by atoms with Crippen molar-refractivity contribution < 1.29 is 14.3 Å². The van der Waals surface area contributed by atoms with Gasteiger partial charge in [0, 0.05) is 16.1 Å². The third-order valence-corrected chi connectivity index (χ3v) is 5.04. The molecule has 1 atom stereocenters. The highest BCUT2D eigenvalue weighted by atomic mass is 35.5. The molecule has 0 radical (unpaired) electrons. The molecule has 0 aliphatic heterocycles. The summed E-state index contributed by atoms with van der Waals surface area (Å²) in [5.41, 5.74) is 3.36. The van der Waals surface area contributed by atoms with Crippen molar-refractivity contribution in [2.75, 3.05) is 6.61 Å². The van der Waals surface area contributed by atoms with Gasteiger partial charge in [0.05, 0.1) is 22.9 Å². The molecule has 30 heavy (non-hydrogen) atoms. The van der Waals surface area contributed by atoms with Crippen LogP contribution in [0.25, 0.3) is 0 Å². The molecule has 2 amide bonds. The van der Waals surface area contributed by atoms with Gasteiger partial charge >= 0.3 is 0 Å². The SMILES string of the molecule is CCOc1ccc(Cl)cc1/C=N/NC(=O)C(NC(=O)c1ccc(Cl)c(Cl)c1)C(C)C. The van der Waals surface area contributed by atoms with Gasteiger partial charge < -0.3 is 10.1 Å². The highest BCUT2D eigenvalue weighted by Crippen LogP contribution is 2.23. The number of nitrogens with one attached hydrogen (secondary N) is 2. The van der Waals surface area contributed by atoms with Crippen molar-refractivity contribution in [1.29, 1.82) is 0 Å². The van der Waals surface area contributed by atoms with E-state index in [4.69, 9.17) is 39.5 Å². The summed E-state index contributed by atoms with van der Waals surface area (Å²) in [6, 6.07) is 8.80. The van der Waals surface area contributed by atoms with Crippen LogP contribution in [-0.2, 0) is 4.79 Å². The lowest BCUT2D eigenvalue weighted by molar-refractivity contribution is -0.123. The molecular weight excluding hydrogens is 449 g/mol. The van der Waals surface area contributed by atoms with E-state index in [0.717, 1.165) is 0 Å². The molecule has 9 heteroatoms. The van der Waals surface area contributed by atoms with Gasteiger partial charge in [-0.1, -0.05) is 48.7 Å². The maximum atomic E-state index is 12.6. The van der Waals surface area contributed by atoms with Gasteiger partial charge in [-0.05, 0) is 49.2 Å². The Bertz CT molecular complexity index is 948. The van der Waals surface area contributed by atoms with Gasteiger partial charge in [-0.2, -0.15) is 5.10 Å². The largest absolute Gasteiger partial charge is 0.493 e. The van der Waals surface area contributed by atoms with Crippen molar-refractivity contribution in [3.8, 4) is 5.75 Å². The Labute approximate surface area is 190 Å². The van der Waals surface area contributed by atoms with Gasteiger partial charge in [0.25, 0.3) is 11.8 Å². The van der Waals surface area contributed by atoms with Gasteiger partial charge in [0.2, 0.25) is 0 Å². The number of carbonyl (C=O) groups is 2. The molecule has 0 aliphatic carbocycles. The predicted molar refractivity (Wildman–Crippen MR) is 121 cm³/mol. The fraction of sp³-hybridized carbons (Fsp3) is 0.286. The van der Waals surface area contributed by atoms with E-state index in [1.807, 2.05) is 20.8 Å². The molecule has 0 aliphatic rings.